The fourth-order valence-electron chi connectivity index (χ4n) is 5.71. The Hall–Kier alpha value is -2.40. The van der Waals surface area contributed by atoms with Crippen molar-refractivity contribution in [3.05, 3.63) is 48.2 Å². The first-order valence-corrected chi connectivity index (χ1v) is 10.5. The summed E-state index contributed by atoms with van der Waals surface area (Å²) in [5.41, 5.74) is 2.92. The molecule has 2 heterocycles. The van der Waals surface area contributed by atoms with Crippen LogP contribution >= 0.6 is 0 Å². The van der Waals surface area contributed by atoms with Crippen LogP contribution in [-0.2, 0) is 22.5 Å². The topological polar surface area (TPSA) is 51.5 Å². The summed E-state index contributed by atoms with van der Waals surface area (Å²) in [4.78, 5) is 28.8. The van der Waals surface area contributed by atoms with Gasteiger partial charge in [-0.2, -0.15) is 0 Å². The molecule has 0 saturated carbocycles. The Morgan fingerprint density at radius 1 is 1.31 bits per heavy atom. The maximum Gasteiger partial charge on any atom is 0.310 e. The molecule has 5 heteroatoms. The highest BCUT2D eigenvalue weighted by Gasteiger charge is 2.48. The van der Waals surface area contributed by atoms with Crippen LogP contribution in [0, 0.1) is 17.8 Å². The molecule has 0 amide bonds. The van der Waals surface area contributed by atoms with Gasteiger partial charge in [0.1, 0.15) is 0 Å². The number of esters is 1. The van der Waals surface area contributed by atoms with Crippen LogP contribution in [-0.4, -0.2) is 48.0 Å². The van der Waals surface area contributed by atoms with E-state index in [0.29, 0.717) is 25.3 Å². The molecule has 1 saturated heterocycles. The van der Waals surface area contributed by atoms with E-state index in [1.807, 2.05) is 18.2 Å². The zero-order valence-electron chi connectivity index (χ0n) is 17.6. The number of likely N-dealkylation sites (N-methyl/N-ethyl adjacent to an activating group) is 1. The maximum atomic E-state index is 13.6. The van der Waals surface area contributed by atoms with E-state index in [9.17, 15) is 9.59 Å². The van der Waals surface area contributed by atoms with Crippen molar-refractivity contribution in [1.82, 2.24) is 9.47 Å². The number of rotatable bonds is 4. The zero-order chi connectivity index (χ0) is 20.7. The molecule has 0 radical (unpaired) electrons. The fourth-order valence-corrected chi connectivity index (χ4v) is 5.71. The monoisotopic (exact) mass is 394 g/mol. The first-order chi connectivity index (χ1) is 14.0. The first kappa shape index (κ1) is 19.9. The molecule has 4 rings (SSSR count). The molecule has 4 atom stereocenters. The summed E-state index contributed by atoms with van der Waals surface area (Å²) in [6, 6.07) is 8.21. The SMILES string of the molecule is C=CCn1c2c(c3ccccc31)C[C@H]1C(C(=O)OC)[C@H](CC2=O)[C@H](CC)CN1C. The van der Waals surface area contributed by atoms with Crippen molar-refractivity contribution in [3.8, 4) is 0 Å². The second-order valence-electron chi connectivity index (χ2n) is 8.46. The summed E-state index contributed by atoms with van der Waals surface area (Å²) in [6.07, 6.45) is 3.86. The van der Waals surface area contributed by atoms with Crippen LogP contribution in [0.15, 0.2) is 36.9 Å². The number of carbonyl (C=O) groups excluding carboxylic acids is 2. The van der Waals surface area contributed by atoms with Gasteiger partial charge >= 0.3 is 5.97 Å². The van der Waals surface area contributed by atoms with Crippen LogP contribution in [0.2, 0.25) is 0 Å². The largest absolute Gasteiger partial charge is 0.469 e. The molecule has 1 aromatic heterocycles. The minimum Gasteiger partial charge on any atom is -0.469 e. The normalized spacial score (nSPS) is 27.2. The molecule has 2 bridgehead atoms. The Morgan fingerprint density at radius 2 is 2.07 bits per heavy atom. The number of allylic oxidation sites excluding steroid dienone is 1. The van der Waals surface area contributed by atoms with Gasteiger partial charge in [0.2, 0.25) is 0 Å². The van der Waals surface area contributed by atoms with Gasteiger partial charge in [-0.15, -0.1) is 6.58 Å². The van der Waals surface area contributed by atoms with E-state index in [1.165, 1.54) is 7.11 Å². The number of hydrogen-bond acceptors (Lipinski definition) is 4. The number of nitrogens with zero attached hydrogens (tertiary/aromatic N) is 2. The van der Waals surface area contributed by atoms with Gasteiger partial charge in [0, 0.05) is 36.5 Å². The molecule has 5 nitrogen and oxygen atoms in total. The Balaban J connectivity index is 1.94. The standard InChI is InChI=1S/C24H30N2O3/c1-5-11-26-19-10-8-7-9-16(19)18-12-20-22(24(28)29-4)17(13-21(27)23(18)26)15(6-2)14-25(20)3/h5,7-10,15,17,20,22H,1,6,11-14H2,2-4H3/t15-,17-,20+,22?/m1/s1. The molecule has 1 aliphatic heterocycles. The zero-order valence-corrected chi connectivity index (χ0v) is 17.6. The minimum atomic E-state index is -0.276. The summed E-state index contributed by atoms with van der Waals surface area (Å²) in [5, 5.41) is 1.10. The lowest BCUT2D eigenvalue weighted by molar-refractivity contribution is -0.154. The molecular weight excluding hydrogens is 364 g/mol. The van der Waals surface area contributed by atoms with Crippen molar-refractivity contribution in [2.24, 2.45) is 17.8 Å². The first-order valence-electron chi connectivity index (χ1n) is 10.5. The van der Waals surface area contributed by atoms with Gasteiger partial charge in [-0.1, -0.05) is 37.6 Å². The molecule has 1 aromatic carbocycles. The Morgan fingerprint density at radius 3 is 2.76 bits per heavy atom. The molecule has 154 valence electrons. The number of fused-ring (bicyclic) bond motifs is 5. The Kier molecular flexibility index (Phi) is 5.34. The molecule has 0 spiro atoms. The van der Waals surface area contributed by atoms with Crippen LogP contribution < -0.4 is 0 Å². The van der Waals surface area contributed by atoms with E-state index in [1.54, 1.807) is 0 Å². The summed E-state index contributed by atoms with van der Waals surface area (Å²) in [5.74, 6) is 0.00405. The second-order valence-corrected chi connectivity index (χ2v) is 8.46. The number of aromatic nitrogens is 1. The predicted octanol–water partition coefficient (Wildman–Crippen LogP) is 3.70. The molecular formula is C24H30N2O3. The van der Waals surface area contributed by atoms with Crippen molar-refractivity contribution in [2.45, 2.75) is 38.8 Å². The van der Waals surface area contributed by atoms with Crippen LogP contribution in [0.4, 0.5) is 0 Å². The van der Waals surface area contributed by atoms with Crippen LogP contribution in [0.3, 0.4) is 0 Å². The van der Waals surface area contributed by atoms with Gasteiger partial charge in [0.15, 0.2) is 5.78 Å². The number of hydrogen-bond donors (Lipinski definition) is 0. The third-order valence-corrected chi connectivity index (χ3v) is 7.05. The van der Waals surface area contributed by atoms with Crippen molar-refractivity contribution >= 4 is 22.7 Å². The van der Waals surface area contributed by atoms with E-state index < -0.39 is 0 Å². The van der Waals surface area contributed by atoms with Crippen LogP contribution in [0.25, 0.3) is 10.9 Å². The average molecular weight is 395 g/mol. The summed E-state index contributed by atoms with van der Waals surface area (Å²) >= 11 is 0. The Labute approximate surface area is 172 Å². The van der Waals surface area contributed by atoms with Crippen molar-refractivity contribution in [3.63, 3.8) is 0 Å². The molecule has 1 fully saturated rings. The highest BCUT2D eigenvalue weighted by Crippen LogP contribution is 2.43. The predicted molar refractivity (Wildman–Crippen MR) is 114 cm³/mol. The quantitative estimate of drug-likeness (QED) is 0.586. The number of Topliss-reactive ketones (excluding diaryl/α,β-unsaturated/α-hetero) is 1. The van der Waals surface area contributed by atoms with E-state index in [-0.39, 0.29) is 29.6 Å². The molecule has 0 N–H and O–H groups in total. The number of para-hydroxylation sites is 1. The fraction of sp³-hybridized carbons (Fsp3) is 0.500. The van der Waals surface area contributed by atoms with Gasteiger partial charge in [0.25, 0.3) is 0 Å². The van der Waals surface area contributed by atoms with E-state index in [4.69, 9.17) is 4.74 Å². The minimum absolute atomic E-state index is 0.0180. The van der Waals surface area contributed by atoms with Crippen molar-refractivity contribution < 1.29 is 14.3 Å². The van der Waals surface area contributed by atoms with Crippen molar-refractivity contribution in [2.75, 3.05) is 20.7 Å². The number of likely N-dealkylation sites (tertiary alicyclic amines) is 1. The third-order valence-electron chi connectivity index (χ3n) is 7.05. The van der Waals surface area contributed by atoms with Gasteiger partial charge in [-0.25, -0.2) is 0 Å². The third kappa shape index (κ3) is 3.12. The number of ether oxygens (including phenoxy) is 1. The van der Waals surface area contributed by atoms with Gasteiger partial charge in [0.05, 0.1) is 18.7 Å². The highest BCUT2D eigenvalue weighted by atomic mass is 16.5. The summed E-state index contributed by atoms with van der Waals surface area (Å²) in [6.45, 7) is 7.56. The van der Waals surface area contributed by atoms with Gasteiger partial charge < -0.3 is 14.2 Å². The number of benzene rings is 1. The van der Waals surface area contributed by atoms with E-state index in [2.05, 4.69) is 42.2 Å². The molecule has 2 aliphatic rings. The summed E-state index contributed by atoms with van der Waals surface area (Å²) in [7, 11) is 3.56. The van der Waals surface area contributed by atoms with E-state index >= 15 is 0 Å². The number of methoxy groups -OCH3 is 1. The number of piperidine rings is 1. The van der Waals surface area contributed by atoms with Crippen LogP contribution in [0.5, 0.6) is 0 Å². The van der Waals surface area contributed by atoms with Gasteiger partial charge in [-0.3, -0.25) is 9.59 Å². The lowest BCUT2D eigenvalue weighted by Gasteiger charge is -2.48. The second kappa shape index (κ2) is 7.79. The Bertz CT molecular complexity index is 960. The van der Waals surface area contributed by atoms with E-state index in [0.717, 1.165) is 35.1 Å². The molecule has 1 aliphatic carbocycles. The van der Waals surface area contributed by atoms with Crippen molar-refractivity contribution in [1.29, 1.82) is 0 Å². The highest BCUT2D eigenvalue weighted by molar-refractivity contribution is 6.03. The lowest BCUT2D eigenvalue weighted by atomic mass is 9.67. The molecule has 29 heavy (non-hydrogen) atoms. The van der Waals surface area contributed by atoms with Crippen LogP contribution in [0.1, 0.15) is 35.8 Å². The summed E-state index contributed by atoms with van der Waals surface area (Å²) < 4.78 is 7.33. The number of ketones is 1. The van der Waals surface area contributed by atoms with Gasteiger partial charge in [-0.05, 0) is 36.9 Å². The average Bonchev–Trinajstić information content (AvgIpc) is 3.02. The maximum absolute atomic E-state index is 13.6. The smallest absolute Gasteiger partial charge is 0.310 e. The molecule has 1 unspecified atom stereocenters. The number of carbonyl (C=O) groups is 2. The molecule has 2 aromatic rings. The lowest BCUT2D eigenvalue weighted by Crippen LogP contribution is -2.56.